The Bertz CT molecular complexity index is 1040. The SMILES string of the molecule is COc1cc(OCC(=O)N(Cc2ccccc2C)C(C)C(=O)NC2CCCC2)ccc1[N+](=O)[O-]. The number of ether oxygens (including phenoxy) is 2. The molecule has 0 bridgehead atoms. The molecule has 2 amide bonds. The number of nitro benzene ring substituents is 1. The molecule has 0 saturated heterocycles. The summed E-state index contributed by atoms with van der Waals surface area (Å²) in [4.78, 5) is 38.2. The summed E-state index contributed by atoms with van der Waals surface area (Å²) >= 11 is 0. The first-order chi connectivity index (χ1) is 16.3. The van der Waals surface area contributed by atoms with E-state index in [-0.39, 0.29) is 48.2 Å². The normalized spacial score (nSPS) is 14.3. The fraction of sp³-hybridized carbons (Fsp3) is 0.440. The molecular formula is C25H31N3O6. The number of nitrogens with one attached hydrogen (secondary N) is 1. The molecule has 0 radical (unpaired) electrons. The molecule has 9 nitrogen and oxygen atoms in total. The van der Waals surface area contributed by atoms with Crippen LogP contribution < -0.4 is 14.8 Å². The standard InChI is InChI=1S/C25H31N3O6/c1-17-8-4-5-9-19(17)15-27(18(2)25(30)26-20-10-6-7-11-20)24(29)16-34-21-12-13-22(28(31)32)23(14-21)33-3/h4-5,8-9,12-14,18,20H,6-7,10-11,15-16H2,1-3H3,(H,26,30). The summed E-state index contributed by atoms with van der Waals surface area (Å²) in [6.07, 6.45) is 4.10. The van der Waals surface area contributed by atoms with Gasteiger partial charge in [-0.3, -0.25) is 19.7 Å². The van der Waals surface area contributed by atoms with E-state index >= 15 is 0 Å². The van der Waals surface area contributed by atoms with Crippen molar-refractivity contribution in [2.24, 2.45) is 0 Å². The number of amides is 2. The Kier molecular flexibility index (Phi) is 8.45. The van der Waals surface area contributed by atoms with Gasteiger partial charge in [0, 0.05) is 24.7 Å². The van der Waals surface area contributed by atoms with Crippen LogP contribution in [0.2, 0.25) is 0 Å². The molecule has 0 spiro atoms. The number of hydrogen-bond acceptors (Lipinski definition) is 6. The van der Waals surface area contributed by atoms with E-state index in [2.05, 4.69) is 5.32 Å². The van der Waals surface area contributed by atoms with E-state index in [1.807, 2.05) is 31.2 Å². The number of methoxy groups -OCH3 is 1. The maximum atomic E-state index is 13.2. The van der Waals surface area contributed by atoms with Gasteiger partial charge in [0.1, 0.15) is 11.8 Å². The molecule has 1 fully saturated rings. The lowest BCUT2D eigenvalue weighted by Crippen LogP contribution is -2.50. The van der Waals surface area contributed by atoms with Crippen molar-refractivity contribution in [2.75, 3.05) is 13.7 Å². The van der Waals surface area contributed by atoms with Gasteiger partial charge >= 0.3 is 5.69 Å². The Hall–Kier alpha value is -3.62. The molecule has 182 valence electrons. The van der Waals surface area contributed by atoms with E-state index in [1.165, 1.54) is 30.2 Å². The molecule has 1 saturated carbocycles. The number of nitrogens with zero attached hydrogens (tertiary/aromatic N) is 2. The van der Waals surface area contributed by atoms with Crippen LogP contribution in [-0.4, -0.2) is 47.4 Å². The summed E-state index contributed by atoms with van der Waals surface area (Å²) in [5.74, 6) is -0.258. The van der Waals surface area contributed by atoms with Crippen LogP contribution in [0.15, 0.2) is 42.5 Å². The van der Waals surface area contributed by atoms with Gasteiger partial charge in [0.2, 0.25) is 11.7 Å². The lowest BCUT2D eigenvalue weighted by molar-refractivity contribution is -0.385. The average molecular weight is 470 g/mol. The van der Waals surface area contributed by atoms with Crippen LogP contribution >= 0.6 is 0 Å². The second-order valence-electron chi connectivity index (χ2n) is 8.49. The predicted molar refractivity (Wildman–Crippen MR) is 127 cm³/mol. The molecule has 2 aromatic rings. The molecule has 9 heteroatoms. The Labute approximate surface area is 199 Å². The van der Waals surface area contributed by atoms with Crippen molar-refractivity contribution in [1.82, 2.24) is 10.2 Å². The fourth-order valence-corrected chi connectivity index (χ4v) is 4.07. The Morgan fingerprint density at radius 1 is 1.21 bits per heavy atom. The molecule has 1 N–H and O–H groups in total. The van der Waals surface area contributed by atoms with Crippen LogP contribution in [-0.2, 0) is 16.1 Å². The number of rotatable bonds is 10. The summed E-state index contributed by atoms with van der Waals surface area (Å²) in [6.45, 7) is 3.61. The monoisotopic (exact) mass is 469 g/mol. The Morgan fingerprint density at radius 3 is 2.56 bits per heavy atom. The van der Waals surface area contributed by atoms with Crippen LogP contribution in [0, 0.1) is 17.0 Å². The molecule has 3 rings (SSSR count). The van der Waals surface area contributed by atoms with Crippen molar-refractivity contribution in [3.8, 4) is 11.5 Å². The molecule has 2 aromatic carbocycles. The van der Waals surface area contributed by atoms with Crippen molar-refractivity contribution in [1.29, 1.82) is 0 Å². The highest BCUT2D eigenvalue weighted by atomic mass is 16.6. The van der Waals surface area contributed by atoms with Crippen molar-refractivity contribution >= 4 is 17.5 Å². The highest BCUT2D eigenvalue weighted by Crippen LogP contribution is 2.30. The largest absolute Gasteiger partial charge is 0.490 e. The van der Waals surface area contributed by atoms with Gasteiger partial charge in [-0.1, -0.05) is 37.1 Å². The van der Waals surface area contributed by atoms with Gasteiger partial charge in [0.15, 0.2) is 6.61 Å². The van der Waals surface area contributed by atoms with Crippen LogP contribution in [0.25, 0.3) is 0 Å². The number of aryl methyl sites for hydroxylation is 1. The summed E-state index contributed by atoms with van der Waals surface area (Å²) in [6, 6.07) is 11.2. The minimum Gasteiger partial charge on any atom is -0.490 e. The summed E-state index contributed by atoms with van der Waals surface area (Å²) in [5, 5.41) is 14.2. The molecule has 0 heterocycles. The Balaban J connectivity index is 1.75. The van der Waals surface area contributed by atoms with E-state index in [9.17, 15) is 19.7 Å². The molecule has 1 aliphatic carbocycles. The molecular weight excluding hydrogens is 438 g/mol. The minimum atomic E-state index is -0.692. The van der Waals surface area contributed by atoms with Crippen LogP contribution in [0.4, 0.5) is 5.69 Å². The third-order valence-electron chi connectivity index (χ3n) is 6.18. The van der Waals surface area contributed by atoms with Crippen molar-refractivity contribution in [3.63, 3.8) is 0 Å². The molecule has 0 aromatic heterocycles. The van der Waals surface area contributed by atoms with Crippen LogP contribution in [0.1, 0.15) is 43.7 Å². The average Bonchev–Trinajstić information content (AvgIpc) is 3.34. The third-order valence-corrected chi connectivity index (χ3v) is 6.18. The maximum absolute atomic E-state index is 13.2. The second-order valence-corrected chi connectivity index (χ2v) is 8.49. The summed E-state index contributed by atoms with van der Waals surface area (Å²) in [5.41, 5.74) is 1.76. The minimum absolute atomic E-state index is 0.0380. The topological polar surface area (TPSA) is 111 Å². The van der Waals surface area contributed by atoms with Gasteiger partial charge in [0.25, 0.3) is 5.91 Å². The van der Waals surface area contributed by atoms with Crippen LogP contribution in [0.3, 0.4) is 0 Å². The van der Waals surface area contributed by atoms with Gasteiger partial charge < -0.3 is 19.7 Å². The van der Waals surface area contributed by atoms with Gasteiger partial charge in [0.05, 0.1) is 12.0 Å². The summed E-state index contributed by atoms with van der Waals surface area (Å²) in [7, 11) is 1.33. The predicted octanol–water partition coefficient (Wildman–Crippen LogP) is 3.77. The van der Waals surface area contributed by atoms with Crippen molar-refractivity contribution < 1.29 is 24.0 Å². The number of benzene rings is 2. The number of hydrogen-bond donors (Lipinski definition) is 1. The van der Waals surface area contributed by atoms with Crippen LogP contribution in [0.5, 0.6) is 11.5 Å². The summed E-state index contributed by atoms with van der Waals surface area (Å²) < 4.78 is 10.7. The zero-order chi connectivity index (χ0) is 24.7. The molecule has 1 unspecified atom stereocenters. The lowest BCUT2D eigenvalue weighted by Gasteiger charge is -2.30. The maximum Gasteiger partial charge on any atom is 0.311 e. The van der Waals surface area contributed by atoms with Crippen molar-refractivity contribution in [2.45, 2.75) is 58.2 Å². The number of carbonyl (C=O) groups excluding carboxylic acids is 2. The fourth-order valence-electron chi connectivity index (χ4n) is 4.07. The highest BCUT2D eigenvalue weighted by molar-refractivity contribution is 5.88. The number of nitro groups is 1. The third kappa shape index (κ3) is 6.24. The zero-order valence-corrected chi connectivity index (χ0v) is 19.8. The zero-order valence-electron chi connectivity index (χ0n) is 19.8. The number of carbonyl (C=O) groups is 2. The molecule has 34 heavy (non-hydrogen) atoms. The quantitative estimate of drug-likeness (QED) is 0.419. The molecule has 0 aliphatic heterocycles. The Morgan fingerprint density at radius 2 is 1.91 bits per heavy atom. The first kappa shape index (κ1) is 25.0. The molecule has 1 atom stereocenters. The van der Waals surface area contributed by atoms with Gasteiger partial charge in [-0.15, -0.1) is 0 Å². The van der Waals surface area contributed by atoms with Gasteiger partial charge in [-0.2, -0.15) is 0 Å². The smallest absolute Gasteiger partial charge is 0.311 e. The van der Waals surface area contributed by atoms with E-state index in [0.717, 1.165) is 36.8 Å². The first-order valence-corrected chi connectivity index (χ1v) is 11.4. The highest BCUT2D eigenvalue weighted by Gasteiger charge is 2.29. The van der Waals surface area contributed by atoms with Gasteiger partial charge in [-0.25, -0.2) is 0 Å². The lowest BCUT2D eigenvalue weighted by atomic mass is 10.1. The van der Waals surface area contributed by atoms with E-state index in [4.69, 9.17) is 9.47 Å². The van der Waals surface area contributed by atoms with E-state index in [0.29, 0.717) is 0 Å². The second kappa shape index (κ2) is 11.5. The van der Waals surface area contributed by atoms with Gasteiger partial charge in [-0.05, 0) is 43.9 Å². The molecule has 1 aliphatic rings. The van der Waals surface area contributed by atoms with Crippen molar-refractivity contribution in [3.05, 3.63) is 63.7 Å². The van der Waals surface area contributed by atoms with E-state index < -0.39 is 11.0 Å². The van der Waals surface area contributed by atoms with E-state index in [1.54, 1.807) is 6.92 Å². The first-order valence-electron chi connectivity index (χ1n) is 11.4.